The third-order valence-electron chi connectivity index (χ3n) is 6.27. The summed E-state index contributed by atoms with van der Waals surface area (Å²) in [6, 6.07) is 8.15. The molecule has 0 heterocycles. The molecule has 2 N–H and O–H groups in total. The Morgan fingerprint density at radius 3 is 2.00 bits per heavy atom. The van der Waals surface area contributed by atoms with Crippen molar-refractivity contribution in [3.8, 4) is 17.2 Å². The van der Waals surface area contributed by atoms with Gasteiger partial charge in [-0.3, -0.25) is 4.79 Å². The van der Waals surface area contributed by atoms with Crippen molar-refractivity contribution in [3.05, 3.63) is 58.7 Å². The number of hydrogen-bond acceptors (Lipinski definition) is 4. The molecule has 4 heteroatoms. The zero-order chi connectivity index (χ0) is 22.7. The van der Waals surface area contributed by atoms with Crippen LogP contribution in [-0.4, -0.2) is 23.1 Å². The Hall–Kier alpha value is -2.75. The number of phenolic OH excluding ortho intramolecular Hbond substituents is 2. The maximum atomic E-state index is 12.6. The normalized spacial score (nSPS) is 12.4. The highest BCUT2D eigenvalue weighted by Gasteiger charge is 2.31. The summed E-state index contributed by atoms with van der Waals surface area (Å²) in [5.74, 6) is 0.623. The van der Waals surface area contributed by atoms with Gasteiger partial charge in [0.1, 0.15) is 17.2 Å². The summed E-state index contributed by atoms with van der Waals surface area (Å²) in [4.78, 5) is 12.6. The highest BCUT2D eigenvalue weighted by atomic mass is 16.5. The molecule has 0 spiro atoms. The van der Waals surface area contributed by atoms with Crippen molar-refractivity contribution in [2.24, 2.45) is 0 Å². The molecular formula is C26H34O4. The number of allylic oxidation sites excluding steroid dienone is 1. The number of ketones is 1. The predicted molar refractivity (Wildman–Crippen MR) is 123 cm³/mol. The van der Waals surface area contributed by atoms with Crippen molar-refractivity contribution in [2.45, 2.75) is 65.2 Å². The molecule has 0 unspecified atom stereocenters. The van der Waals surface area contributed by atoms with E-state index in [1.54, 1.807) is 25.3 Å². The van der Waals surface area contributed by atoms with Gasteiger partial charge < -0.3 is 14.9 Å². The van der Waals surface area contributed by atoms with Gasteiger partial charge in [-0.1, -0.05) is 41.5 Å². The van der Waals surface area contributed by atoms with Crippen LogP contribution in [0.2, 0.25) is 0 Å². The monoisotopic (exact) mass is 410 g/mol. The fourth-order valence-electron chi connectivity index (χ4n) is 3.33. The molecule has 4 nitrogen and oxygen atoms in total. The van der Waals surface area contributed by atoms with Crippen molar-refractivity contribution in [1.82, 2.24) is 0 Å². The van der Waals surface area contributed by atoms with Gasteiger partial charge in [0.15, 0.2) is 5.78 Å². The summed E-state index contributed by atoms with van der Waals surface area (Å²) < 4.78 is 5.74. The summed E-state index contributed by atoms with van der Waals surface area (Å²) in [6.07, 6.45) is 4.83. The van der Waals surface area contributed by atoms with Gasteiger partial charge in [0.25, 0.3) is 0 Å². The Balaban J connectivity index is 2.69. The number of hydrogen-bond donors (Lipinski definition) is 2. The SMILES string of the molecule is CCC(C)(C)c1cc(C(C)(C)CC)c(OC)c(/C=C/C(=O)c2ccc(O)cc2)c1O. The summed E-state index contributed by atoms with van der Waals surface area (Å²) >= 11 is 0. The fraction of sp³-hybridized carbons (Fsp3) is 0.423. The number of phenols is 2. The highest BCUT2D eigenvalue weighted by Crippen LogP contribution is 2.46. The Morgan fingerprint density at radius 2 is 1.50 bits per heavy atom. The van der Waals surface area contributed by atoms with E-state index in [2.05, 4.69) is 47.6 Å². The van der Waals surface area contributed by atoms with E-state index >= 15 is 0 Å². The molecule has 162 valence electrons. The van der Waals surface area contributed by atoms with E-state index in [0.29, 0.717) is 16.9 Å². The van der Waals surface area contributed by atoms with Crippen molar-refractivity contribution >= 4 is 11.9 Å². The number of carbonyl (C=O) groups excluding carboxylic acids is 1. The van der Waals surface area contributed by atoms with Gasteiger partial charge in [-0.15, -0.1) is 0 Å². The molecule has 0 saturated heterocycles. The van der Waals surface area contributed by atoms with Crippen LogP contribution >= 0.6 is 0 Å². The summed E-state index contributed by atoms with van der Waals surface area (Å²) in [5.41, 5.74) is 2.43. The van der Waals surface area contributed by atoms with Crippen LogP contribution in [0, 0.1) is 0 Å². The molecule has 0 aromatic heterocycles. The summed E-state index contributed by atoms with van der Waals surface area (Å²) in [7, 11) is 1.59. The standard InChI is InChI=1S/C26H34O4/c1-8-25(3,4)20-16-21(26(5,6)9-2)24(30-7)19(23(20)29)14-15-22(28)17-10-12-18(27)13-11-17/h10-16,27,29H,8-9H2,1-7H3/b15-14+. The second kappa shape index (κ2) is 8.95. The molecule has 0 amide bonds. The van der Waals surface area contributed by atoms with Gasteiger partial charge in [-0.2, -0.15) is 0 Å². The first-order chi connectivity index (χ1) is 14.0. The second-order valence-electron chi connectivity index (χ2n) is 8.99. The molecule has 0 fully saturated rings. The van der Waals surface area contributed by atoms with Gasteiger partial charge in [0.05, 0.1) is 12.7 Å². The molecule has 2 rings (SSSR count). The van der Waals surface area contributed by atoms with Crippen LogP contribution in [0.1, 0.15) is 81.4 Å². The largest absolute Gasteiger partial charge is 0.508 e. The summed E-state index contributed by atoms with van der Waals surface area (Å²) in [5, 5.41) is 20.6. The number of ether oxygens (including phenoxy) is 1. The van der Waals surface area contributed by atoms with E-state index < -0.39 is 0 Å². The maximum Gasteiger partial charge on any atom is 0.185 e. The number of benzene rings is 2. The number of aromatic hydroxyl groups is 2. The van der Waals surface area contributed by atoms with Crippen LogP contribution in [0.5, 0.6) is 17.2 Å². The molecule has 0 atom stereocenters. The van der Waals surface area contributed by atoms with Crippen LogP contribution in [-0.2, 0) is 10.8 Å². The number of rotatable bonds is 8. The minimum atomic E-state index is -0.238. The minimum Gasteiger partial charge on any atom is -0.508 e. The van der Waals surface area contributed by atoms with Crippen LogP contribution in [0.4, 0.5) is 0 Å². The average Bonchev–Trinajstić information content (AvgIpc) is 2.72. The zero-order valence-corrected chi connectivity index (χ0v) is 19.2. The molecule has 30 heavy (non-hydrogen) atoms. The first-order valence-corrected chi connectivity index (χ1v) is 10.4. The molecule has 0 saturated carbocycles. The second-order valence-corrected chi connectivity index (χ2v) is 8.99. The van der Waals surface area contributed by atoms with Gasteiger partial charge in [-0.05, 0) is 66.2 Å². The topological polar surface area (TPSA) is 66.8 Å². The molecule has 0 radical (unpaired) electrons. The quantitative estimate of drug-likeness (QED) is 0.391. The Bertz CT molecular complexity index is 934. The lowest BCUT2D eigenvalue weighted by atomic mass is 9.74. The molecule has 2 aromatic carbocycles. The van der Waals surface area contributed by atoms with Crippen LogP contribution in [0.3, 0.4) is 0 Å². The van der Waals surface area contributed by atoms with Gasteiger partial charge in [-0.25, -0.2) is 0 Å². The third kappa shape index (κ3) is 4.69. The van der Waals surface area contributed by atoms with Crippen molar-refractivity contribution in [1.29, 1.82) is 0 Å². The summed E-state index contributed by atoms with van der Waals surface area (Å²) in [6.45, 7) is 12.7. The molecule has 2 aromatic rings. The average molecular weight is 411 g/mol. The zero-order valence-electron chi connectivity index (χ0n) is 19.2. The van der Waals surface area contributed by atoms with Crippen molar-refractivity contribution in [3.63, 3.8) is 0 Å². The van der Waals surface area contributed by atoms with Crippen molar-refractivity contribution < 1.29 is 19.7 Å². The Labute approximate surface area is 180 Å². The first kappa shape index (κ1) is 23.5. The van der Waals surface area contributed by atoms with E-state index in [4.69, 9.17) is 4.74 Å². The molecule has 0 bridgehead atoms. The molecule has 0 aliphatic heterocycles. The molecule has 0 aliphatic carbocycles. The van der Waals surface area contributed by atoms with Crippen LogP contribution in [0.25, 0.3) is 6.08 Å². The smallest absolute Gasteiger partial charge is 0.185 e. The van der Waals surface area contributed by atoms with Crippen LogP contribution < -0.4 is 4.74 Å². The maximum absolute atomic E-state index is 12.6. The predicted octanol–water partition coefficient (Wildman–Crippen LogP) is 6.38. The fourth-order valence-corrected chi connectivity index (χ4v) is 3.33. The Morgan fingerprint density at radius 1 is 0.967 bits per heavy atom. The first-order valence-electron chi connectivity index (χ1n) is 10.4. The Kier molecular flexibility index (Phi) is 7.02. The lowest BCUT2D eigenvalue weighted by Crippen LogP contribution is -2.22. The van der Waals surface area contributed by atoms with Crippen LogP contribution in [0.15, 0.2) is 36.4 Å². The van der Waals surface area contributed by atoms with Gasteiger partial charge in [0, 0.05) is 16.7 Å². The lowest BCUT2D eigenvalue weighted by molar-refractivity contribution is 0.104. The third-order valence-corrected chi connectivity index (χ3v) is 6.27. The van der Waals surface area contributed by atoms with E-state index in [9.17, 15) is 15.0 Å². The highest BCUT2D eigenvalue weighted by molar-refractivity contribution is 6.07. The van der Waals surface area contributed by atoms with Gasteiger partial charge >= 0.3 is 0 Å². The van der Waals surface area contributed by atoms with E-state index in [-0.39, 0.29) is 28.1 Å². The number of methoxy groups -OCH3 is 1. The molecular weight excluding hydrogens is 376 g/mol. The van der Waals surface area contributed by atoms with E-state index in [1.165, 1.54) is 18.2 Å². The van der Waals surface area contributed by atoms with Gasteiger partial charge in [0.2, 0.25) is 0 Å². The minimum absolute atomic E-state index is 0.107. The molecule has 0 aliphatic rings. The van der Waals surface area contributed by atoms with Crippen molar-refractivity contribution in [2.75, 3.05) is 7.11 Å². The van der Waals surface area contributed by atoms with E-state index in [1.807, 2.05) is 0 Å². The number of carbonyl (C=O) groups is 1. The van der Waals surface area contributed by atoms with E-state index in [0.717, 1.165) is 24.0 Å². The lowest BCUT2D eigenvalue weighted by Gasteiger charge is -2.32.